The first kappa shape index (κ1) is 22.0. The molecular formula is C25H29FN4O2. The van der Waals surface area contributed by atoms with Crippen LogP contribution in [0.1, 0.15) is 12.0 Å². The third-order valence-corrected chi connectivity index (χ3v) is 5.96. The number of fused-ring (bicyclic) bond motifs is 1. The molecule has 4 rings (SSSR count). The number of amides is 2. The van der Waals surface area contributed by atoms with Crippen molar-refractivity contribution in [3.8, 4) is 11.3 Å². The fraction of sp³-hybridized carbons (Fsp3) is 0.360. The van der Waals surface area contributed by atoms with Gasteiger partial charge in [0.2, 0.25) is 11.8 Å². The maximum Gasteiger partial charge on any atom is 0.236 e. The number of rotatable bonds is 6. The average molecular weight is 437 g/mol. The second kappa shape index (κ2) is 9.53. The van der Waals surface area contributed by atoms with Crippen molar-refractivity contribution in [2.45, 2.75) is 12.8 Å². The highest BCUT2D eigenvalue weighted by Crippen LogP contribution is 2.32. The number of hydrogen-bond acceptors (Lipinski definition) is 3. The number of carbonyl (C=O) groups excluding carboxylic acids is 2. The van der Waals surface area contributed by atoms with E-state index in [1.807, 2.05) is 59.1 Å². The van der Waals surface area contributed by atoms with Gasteiger partial charge in [-0.1, -0.05) is 30.3 Å². The van der Waals surface area contributed by atoms with Crippen molar-refractivity contribution in [3.63, 3.8) is 0 Å². The summed E-state index contributed by atoms with van der Waals surface area (Å²) < 4.78 is 14.0. The second-order valence-corrected chi connectivity index (χ2v) is 8.53. The Bertz CT molecular complexity index is 1100. The van der Waals surface area contributed by atoms with Crippen LogP contribution in [0.15, 0.2) is 48.5 Å². The fourth-order valence-electron chi connectivity index (χ4n) is 4.30. The highest BCUT2D eigenvalue weighted by molar-refractivity contribution is 5.91. The molecule has 7 heteroatoms. The molecule has 2 heterocycles. The minimum absolute atomic E-state index is 0.0643. The Morgan fingerprint density at radius 2 is 1.62 bits per heavy atom. The smallest absolute Gasteiger partial charge is 0.236 e. The number of hydrogen-bond donors (Lipinski definition) is 1. The molecule has 1 fully saturated rings. The molecule has 168 valence electrons. The molecular weight excluding hydrogens is 407 g/mol. The number of aromatic amines is 1. The normalized spacial score (nSPS) is 14.4. The molecule has 32 heavy (non-hydrogen) atoms. The molecule has 6 nitrogen and oxygen atoms in total. The van der Waals surface area contributed by atoms with Crippen LogP contribution in [-0.2, 0) is 16.0 Å². The summed E-state index contributed by atoms with van der Waals surface area (Å²) in [6, 6.07) is 14.6. The number of nitrogens with zero attached hydrogens (tertiary/aromatic N) is 3. The molecule has 1 N–H and O–H groups in total. The molecule has 1 aromatic heterocycles. The number of H-pyrrole nitrogens is 1. The van der Waals surface area contributed by atoms with Gasteiger partial charge in [0.05, 0.1) is 6.54 Å². The molecule has 1 saturated heterocycles. The van der Waals surface area contributed by atoms with Crippen LogP contribution in [0.2, 0.25) is 0 Å². The summed E-state index contributed by atoms with van der Waals surface area (Å²) in [6.45, 7) is 2.60. The van der Waals surface area contributed by atoms with Crippen molar-refractivity contribution in [2.24, 2.45) is 0 Å². The van der Waals surface area contributed by atoms with Gasteiger partial charge in [-0.05, 0) is 49.8 Å². The van der Waals surface area contributed by atoms with Crippen LogP contribution in [-0.4, -0.2) is 78.3 Å². The number of nitrogens with one attached hydrogen (secondary N) is 1. The van der Waals surface area contributed by atoms with E-state index < -0.39 is 0 Å². The minimum Gasteiger partial charge on any atom is -0.354 e. The molecule has 1 aliphatic rings. The van der Waals surface area contributed by atoms with Crippen molar-refractivity contribution >= 4 is 22.7 Å². The van der Waals surface area contributed by atoms with Gasteiger partial charge in [-0.3, -0.25) is 9.59 Å². The molecule has 0 radical (unpaired) electrons. The lowest BCUT2D eigenvalue weighted by atomic mass is 10.0. The Morgan fingerprint density at radius 1 is 0.969 bits per heavy atom. The van der Waals surface area contributed by atoms with Gasteiger partial charge in [0.25, 0.3) is 0 Å². The highest BCUT2D eigenvalue weighted by atomic mass is 19.1. The number of benzene rings is 2. The Balaban J connectivity index is 1.46. The zero-order valence-electron chi connectivity index (χ0n) is 18.6. The Kier molecular flexibility index (Phi) is 6.55. The van der Waals surface area contributed by atoms with E-state index in [0.29, 0.717) is 45.6 Å². The maximum absolute atomic E-state index is 14.0. The van der Waals surface area contributed by atoms with Crippen molar-refractivity contribution in [1.82, 2.24) is 19.7 Å². The molecule has 2 aromatic carbocycles. The Hall–Kier alpha value is -3.19. The summed E-state index contributed by atoms with van der Waals surface area (Å²) in [6.07, 6.45) is 0.862. The van der Waals surface area contributed by atoms with Crippen LogP contribution in [0.4, 0.5) is 4.39 Å². The number of aromatic nitrogens is 1. The first-order chi connectivity index (χ1) is 15.4. The highest BCUT2D eigenvalue weighted by Gasteiger charge is 2.24. The molecule has 0 atom stereocenters. The molecule has 0 bridgehead atoms. The van der Waals surface area contributed by atoms with Crippen molar-refractivity contribution < 1.29 is 14.0 Å². The second-order valence-electron chi connectivity index (χ2n) is 8.53. The quantitative estimate of drug-likeness (QED) is 0.646. The SMILES string of the molecule is CN(C)CC(=O)N1CCN(C(=O)CCc2c(-c3ccccc3)[nH]c3ccc(F)cc23)CC1. The molecule has 2 amide bonds. The predicted molar refractivity (Wildman–Crippen MR) is 124 cm³/mol. The Labute approximate surface area is 187 Å². The van der Waals surface area contributed by atoms with Crippen LogP contribution < -0.4 is 0 Å². The lowest BCUT2D eigenvalue weighted by Gasteiger charge is -2.35. The van der Waals surface area contributed by atoms with E-state index in [2.05, 4.69) is 4.98 Å². The maximum atomic E-state index is 14.0. The number of piperazine rings is 1. The standard InChI is InChI=1S/C25H29FN4O2/c1-28(2)17-24(32)30-14-12-29(13-15-30)23(31)11-9-20-21-16-19(26)8-10-22(21)27-25(20)18-6-4-3-5-7-18/h3-8,10,16,27H,9,11-15,17H2,1-2H3. The summed E-state index contributed by atoms with van der Waals surface area (Å²) in [7, 11) is 3.75. The number of halogens is 1. The van der Waals surface area contributed by atoms with Crippen LogP contribution >= 0.6 is 0 Å². The lowest BCUT2D eigenvalue weighted by Crippen LogP contribution is -2.52. The van der Waals surface area contributed by atoms with E-state index in [9.17, 15) is 14.0 Å². The number of aryl methyl sites for hydroxylation is 1. The summed E-state index contributed by atoms with van der Waals surface area (Å²) in [5.74, 6) is -0.132. The third kappa shape index (κ3) is 4.83. The van der Waals surface area contributed by atoms with Gasteiger partial charge < -0.3 is 19.7 Å². The molecule has 0 saturated carbocycles. The molecule has 1 aliphatic heterocycles. The van der Waals surface area contributed by atoms with Crippen molar-refractivity contribution in [2.75, 3.05) is 46.8 Å². The van der Waals surface area contributed by atoms with E-state index in [4.69, 9.17) is 0 Å². The van der Waals surface area contributed by atoms with Gasteiger partial charge in [-0.15, -0.1) is 0 Å². The summed E-state index contributed by atoms with van der Waals surface area (Å²) in [4.78, 5) is 34.1. The van der Waals surface area contributed by atoms with E-state index >= 15 is 0 Å². The van der Waals surface area contributed by atoms with E-state index in [-0.39, 0.29) is 17.6 Å². The van der Waals surface area contributed by atoms with E-state index in [0.717, 1.165) is 27.7 Å². The van der Waals surface area contributed by atoms with Gasteiger partial charge in [0.1, 0.15) is 5.82 Å². The first-order valence-electron chi connectivity index (χ1n) is 11.0. The van der Waals surface area contributed by atoms with Gasteiger partial charge in [-0.2, -0.15) is 0 Å². The molecule has 0 unspecified atom stereocenters. The third-order valence-electron chi connectivity index (χ3n) is 5.96. The van der Waals surface area contributed by atoms with Crippen LogP contribution in [0.5, 0.6) is 0 Å². The Morgan fingerprint density at radius 3 is 2.28 bits per heavy atom. The lowest BCUT2D eigenvalue weighted by molar-refractivity contribution is -0.139. The van der Waals surface area contributed by atoms with Crippen molar-refractivity contribution in [3.05, 3.63) is 59.9 Å². The van der Waals surface area contributed by atoms with Gasteiger partial charge in [-0.25, -0.2) is 4.39 Å². The first-order valence-corrected chi connectivity index (χ1v) is 11.0. The van der Waals surface area contributed by atoms with Gasteiger partial charge in [0.15, 0.2) is 0 Å². The monoisotopic (exact) mass is 436 g/mol. The molecule has 3 aromatic rings. The summed E-state index contributed by atoms with van der Waals surface area (Å²) in [5.41, 5.74) is 3.76. The topological polar surface area (TPSA) is 59.7 Å². The van der Waals surface area contributed by atoms with Crippen LogP contribution in [0.25, 0.3) is 22.2 Å². The zero-order chi connectivity index (χ0) is 22.7. The predicted octanol–water partition coefficient (Wildman–Crippen LogP) is 3.14. The molecule has 0 aliphatic carbocycles. The van der Waals surface area contributed by atoms with Crippen LogP contribution in [0, 0.1) is 5.82 Å². The summed E-state index contributed by atoms with van der Waals surface area (Å²) in [5, 5.41) is 0.816. The average Bonchev–Trinajstić information content (AvgIpc) is 3.15. The van der Waals surface area contributed by atoms with Crippen LogP contribution in [0.3, 0.4) is 0 Å². The van der Waals surface area contributed by atoms with Crippen molar-refractivity contribution in [1.29, 1.82) is 0 Å². The number of carbonyl (C=O) groups is 2. The number of likely N-dealkylation sites (N-methyl/N-ethyl adjacent to an activating group) is 1. The molecule has 0 spiro atoms. The minimum atomic E-state index is -0.290. The van der Waals surface area contributed by atoms with Gasteiger partial charge >= 0.3 is 0 Å². The van der Waals surface area contributed by atoms with E-state index in [1.165, 1.54) is 12.1 Å². The van der Waals surface area contributed by atoms with Gasteiger partial charge in [0, 0.05) is 49.2 Å². The van der Waals surface area contributed by atoms with E-state index in [1.54, 1.807) is 6.07 Å². The summed E-state index contributed by atoms with van der Waals surface area (Å²) >= 11 is 0. The largest absolute Gasteiger partial charge is 0.354 e. The fourth-order valence-corrected chi connectivity index (χ4v) is 4.30. The zero-order valence-corrected chi connectivity index (χ0v) is 18.6.